The summed E-state index contributed by atoms with van der Waals surface area (Å²) in [4.78, 5) is 44.2. The van der Waals surface area contributed by atoms with Crippen LogP contribution in [0.2, 0.25) is 0 Å². The number of urea groups is 1. The van der Waals surface area contributed by atoms with Crippen LogP contribution in [0.25, 0.3) is 11.1 Å². The monoisotopic (exact) mass is 655 g/mol. The van der Waals surface area contributed by atoms with Crippen LogP contribution in [0, 0.1) is 34.0 Å². The largest absolute Gasteiger partial charge is 0.351 e. The van der Waals surface area contributed by atoms with Crippen molar-refractivity contribution in [2.45, 2.75) is 63.6 Å². The molecule has 13 heteroatoms. The number of hydrogen-bond donors (Lipinski definition) is 2. The molecule has 1 aliphatic heterocycles. The lowest BCUT2D eigenvalue weighted by atomic mass is 9.83. The van der Waals surface area contributed by atoms with E-state index in [1.54, 1.807) is 22.0 Å². The quantitative estimate of drug-likeness (QED) is 0.254. The number of nitrogens with zero attached hydrogens (tertiary/aromatic N) is 9. The zero-order chi connectivity index (χ0) is 34.0. The van der Waals surface area contributed by atoms with Gasteiger partial charge < -0.3 is 10.6 Å². The molecule has 2 N–H and O–H groups in total. The van der Waals surface area contributed by atoms with Gasteiger partial charge in [0.15, 0.2) is 5.82 Å². The molecule has 2 saturated carbocycles. The Kier molecular flexibility index (Phi) is 8.66. The number of benzene rings is 1. The number of anilines is 3. The molecular weight excluding hydrogens is 618 g/mol. The molecule has 13 nitrogen and oxygen atoms in total. The van der Waals surface area contributed by atoms with Crippen molar-refractivity contribution in [1.29, 1.82) is 10.5 Å². The van der Waals surface area contributed by atoms with Gasteiger partial charge in [0.25, 0.3) is 0 Å². The van der Waals surface area contributed by atoms with E-state index >= 15 is 0 Å². The minimum Gasteiger partial charge on any atom is -0.351 e. The van der Waals surface area contributed by atoms with Crippen molar-refractivity contribution in [2.24, 2.45) is 18.4 Å². The molecule has 248 valence electrons. The second-order valence-electron chi connectivity index (χ2n) is 13.1. The SMILES string of the molecule is Cn1cc(-c2ccc(N(C(=O)NCc3ccccc3)C3CCC(Nc4ncc(C#N)c(N5CC[C@@](C#N)(C6CC6)C5=O)n4)CC3)nc2)cn1. The highest BCUT2D eigenvalue weighted by Gasteiger charge is 2.57. The average Bonchev–Trinajstić information content (AvgIpc) is 3.81. The van der Waals surface area contributed by atoms with Crippen LogP contribution in [0.5, 0.6) is 0 Å². The van der Waals surface area contributed by atoms with Gasteiger partial charge in [-0.15, -0.1) is 0 Å². The summed E-state index contributed by atoms with van der Waals surface area (Å²) in [6.45, 7) is 0.743. The van der Waals surface area contributed by atoms with E-state index in [1.165, 1.54) is 11.1 Å². The van der Waals surface area contributed by atoms with Crippen LogP contribution in [-0.4, -0.2) is 55.3 Å². The number of hydrogen-bond acceptors (Lipinski definition) is 9. The standard InChI is InChI=1S/C36H37N11O2/c1-45-22-27(21-42-45)25-7-14-31(39-19-25)47(35(49)41-18-24-5-3-2-4-6-24)30-12-10-29(11-13-30)43-34-40-20-26(17-37)32(44-34)46-16-15-36(23-38,33(46)48)28-8-9-28/h2-7,14,19-22,28-30H,8-13,15-16,18H2,1H3,(H,41,49)(H,40,43,44)/t29?,30?,36-/m1/s1. The Labute approximate surface area is 284 Å². The normalized spacial score (nSPS) is 21.9. The van der Waals surface area contributed by atoms with Gasteiger partial charge in [0.05, 0.1) is 18.5 Å². The van der Waals surface area contributed by atoms with Crippen molar-refractivity contribution >= 4 is 29.5 Å². The summed E-state index contributed by atoms with van der Waals surface area (Å²) in [5.74, 6) is 0.954. The number of pyridine rings is 1. The van der Waals surface area contributed by atoms with Crippen LogP contribution in [0.1, 0.15) is 56.1 Å². The molecule has 1 atom stereocenters. The Morgan fingerprint density at radius 3 is 2.45 bits per heavy atom. The lowest BCUT2D eigenvalue weighted by molar-refractivity contribution is -0.123. The third-order valence-electron chi connectivity index (χ3n) is 9.91. The van der Waals surface area contributed by atoms with Gasteiger partial charge >= 0.3 is 6.03 Å². The highest BCUT2D eigenvalue weighted by atomic mass is 16.2. The fraction of sp³-hybridized carbons (Fsp3) is 0.389. The molecule has 0 unspecified atom stereocenters. The molecule has 2 aliphatic carbocycles. The highest BCUT2D eigenvalue weighted by Crippen LogP contribution is 2.52. The zero-order valence-corrected chi connectivity index (χ0v) is 27.3. The van der Waals surface area contributed by atoms with Crippen LogP contribution in [0.3, 0.4) is 0 Å². The van der Waals surface area contributed by atoms with Crippen molar-refractivity contribution in [3.05, 3.63) is 78.4 Å². The van der Waals surface area contributed by atoms with Gasteiger partial charge in [0.2, 0.25) is 11.9 Å². The summed E-state index contributed by atoms with van der Waals surface area (Å²) in [6.07, 6.45) is 12.0. The van der Waals surface area contributed by atoms with Crippen molar-refractivity contribution < 1.29 is 9.59 Å². The van der Waals surface area contributed by atoms with E-state index in [0.29, 0.717) is 44.1 Å². The number of aromatic nitrogens is 5. The van der Waals surface area contributed by atoms with Gasteiger partial charge in [0, 0.05) is 55.7 Å². The van der Waals surface area contributed by atoms with E-state index in [2.05, 4.69) is 37.8 Å². The molecule has 0 bridgehead atoms. The first-order chi connectivity index (χ1) is 23.9. The maximum absolute atomic E-state index is 13.8. The number of carbonyl (C=O) groups excluding carboxylic acids is 2. The van der Waals surface area contributed by atoms with E-state index < -0.39 is 5.41 Å². The van der Waals surface area contributed by atoms with Crippen molar-refractivity contribution in [3.63, 3.8) is 0 Å². The molecule has 0 radical (unpaired) electrons. The number of carbonyl (C=O) groups is 2. The van der Waals surface area contributed by atoms with Crippen LogP contribution in [-0.2, 0) is 18.4 Å². The van der Waals surface area contributed by atoms with Gasteiger partial charge in [-0.3, -0.25) is 19.3 Å². The summed E-state index contributed by atoms with van der Waals surface area (Å²) < 4.78 is 1.74. The predicted molar refractivity (Wildman–Crippen MR) is 182 cm³/mol. The number of amides is 3. The molecular formula is C36H37N11O2. The number of aryl methyl sites for hydroxylation is 1. The summed E-state index contributed by atoms with van der Waals surface area (Å²) >= 11 is 0. The first kappa shape index (κ1) is 31.8. The first-order valence-corrected chi connectivity index (χ1v) is 16.7. The topological polar surface area (TPSA) is 169 Å². The smallest absolute Gasteiger partial charge is 0.323 e. The van der Waals surface area contributed by atoms with E-state index in [1.807, 2.05) is 55.7 Å². The molecule has 3 fully saturated rings. The van der Waals surface area contributed by atoms with Crippen LogP contribution < -0.4 is 20.4 Å². The molecule has 4 aromatic rings. The van der Waals surface area contributed by atoms with E-state index in [-0.39, 0.29) is 41.3 Å². The Bertz CT molecular complexity index is 1920. The molecule has 0 spiro atoms. The third kappa shape index (κ3) is 6.40. The summed E-state index contributed by atoms with van der Waals surface area (Å²) in [7, 11) is 1.87. The van der Waals surface area contributed by atoms with Gasteiger partial charge in [-0.2, -0.15) is 20.6 Å². The Balaban J connectivity index is 1.05. The Morgan fingerprint density at radius 1 is 1.00 bits per heavy atom. The van der Waals surface area contributed by atoms with Gasteiger partial charge in [-0.25, -0.2) is 14.8 Å². The Hall–Kier alpha value is -5.82. The predicted octanol–water partition coefficient (Wildman–Crippen LogP) is 4.94. The fourth-order valence-corrected chi connectivity index (χ4v) is 7.06. The van der Waals surface area contributed by atoms with Crippen LogP contribution >= 0.6 is 0 Å². The van der Waals surface area contributed by atoms with Crippen molar-refractivity contribution in [2.75, 3.05) is 21.7 Å². The molecule has 49 heavy (non-hydrogen) atoms. The van der Waals surface area contributed by atoms with E-state index in [9.17, 15) is 20.1 Å². The van der Waals surface area contributed by atoms with Gasteiger partial charge in [0.1, 0.15) is 22.9 Å². The van der Waals surface area contributed by atoms with Crippen LogP contribution in [0.4, 0.5) is 22.4 Å². The number of nitrogens with one attached hydrogen (secondary N) is 2. The van der Waals surface area contributed by atoms with Gasteiger partial charge in [-0.1, -0.05) is 30.3 Å². The fourth-order valence-electron chi connectivity index (χ4n) is 7.06. The molecule has 3 amide bonds. The van der Waals surface area contributed by atoms with Crippen molar-refractivity contribution in [3.8, 4) is 23.3 Å². The van der Waals surface area contributed by atoms with E-state index in [0.717, 1.165) is 42.4 Å². The molecule has 4 heterocycles. The minimum absolute atomic E-state index is 0.0196. The summed E-state index contributed by atoms with van der Waals surface area (Å²) in [5.41, 5.74) is 2.04. The lowest BCUT2D eigenvalue weighted by Gasteiger charge is -2.36. The van der Waals surface area contributed by atoms with Crippen LogP contribution in [0.15, 0.2) is 67.3 Å². The first-order valence-electron chi connectivity index (χ1n) is 16.7. The molecule has 1 aromatic carbocycles. The third-order valence-corrected chi connectivity index (χ3v) is 9.91. The summed E-state index contributed by atoms with van der Waals surface area (Å²) in [6, 6.07) is 17.8. The molecule has 3 aromatic heterocycles. The second-order valence-corrected chi connectivity index (χ2v) is 13.1. The highest BCUT2D eigenvalue weighted by molar-refractivity contribution is 6.02. The number of rotatable bonds is 9. The maximum atomic E-state index is 13.8. The molecule has 1 saturated heterocycles. The minimum atomic E-state index is -1.03. The Morgan fingerprint density at radius 2 is 1.80 bits per heavy atom. The number of nitriles is 2. The average molecular weight is 656 g/mol. The van der Waals surface area contributed by atoms with Gasteiger partial charge in [-0.05, 0) is 68.6 Å². The zero-order valence-electron chi connectivity index (χ0n) is 27.3. The van der Waals surface area contributed by atoms with E-state index in [4.69, 9.17) is 4.98 Å². The summed E-state index contributed by atoms with van der Waals surface area (Å²) in [5, 5.41) is 30.5. The van der Waals surface area contributed by atoms with Crippen molar-refractivity contribution in [1.82, 2.24) is 30.0 Å². The lowest BCUT2D eigenvalue weighted by Crippen LogP contribution is -2.49. The second kappa shape index (κ2) is 13.4. The maximum Gasteiger partial charge on any atom is 0.323 e. The molecule has 3 aliphatic rings. The molecule has 7 rings (SSSR count).